The van der Waals surface area contributed by atoms with E-state index in [-0.39, 0.29) is 18.3 Å². The van der Waals surface area contributed by atoms with Gasteiger partial charge in [0.05, 0.1) is 11.2 Å². The molecule has 1 aliphatic carbocycles. The Hall–Kier alpha value is -1.57. The van der Waals surface area contributed by atoms with Crippen LogP contribution >= 0.6 is 0 Å². The molecule has 2 fully saturated rings. The molecule has 6 nitrogen and oxygen atoms in total. The van der Waals surface area contributed by atoms with Gasteiger partial charge in [0.25, 0.3) is 0 Å². The van der Waals surface area contributed by atoms with E-state index in [1.807, 2.05) is 0 Å². The maximum atomic E-state index is 6.11. The van der Waals surface area contributed by atoms with Crippen molar-refractivity contribution >= 4 is 18.4 Å². The maximum absolute atomic E-state index is 6.11. The van der Waals surface area contributed by atoms with Crippen LogP contribution < -0.4 is 17.1 Å². The first-order valence-corrected chi connectivity index (χ1v) is 8.86. The number of amidine groups is 1. The predicted molar refractivity (Wildman–Crippen MR) is 101 cm³/mol. The molecule has 136 valence electrons. The van der Waals surface area contributed by atoms with E-state index in [0.717, 1.165) is 24.1 Å². The predicted octanol–water partition coefficient (Wildman–Crippen LogP) is 1.56. The smallest absolute Gasteiger partial charge is 0.399 e. The summed E-state index contributed by atoms with van der Waals surface area (Å²) in [6, 6.07) is 8.56. The summed E-state index contributed by atoms with van der Waals surface area (Å²) >= 11 is 0. The van der Waals surface area contributed by atoms with Crippen LogP contribution in [0, 0.1) is 5.92 Å². The minimum Gasteiger partial charge on any atom is -0.399 e. The van der Waals surface area contributed by atoms with Crippen molar-refractivity contribution in [2.45, 2.75) is 57.7 Å². The van der Waals surface area contributed by atoms with E-state index in [1.165, 1.54) is 10.6 Å². The van der Waals surface area contributed by atoms with Crippen molar-refractivity contribution in [3.63, 3.8) is 0 Å². The zero-order valence-corrected chi connectivity index (χ0v) is 15.8. The normalized spacial score (nSPS) is 27.9. The minimum atomic E-state index is -0.316. The van der Waals surface area contributed by atoms with Crippen LogP contribution in [0.3, 0.4) is 0 Å². The highest BCUT2D eigenvalue weighted by atomic mass is 16.7. The second kappa shape index (κ2) is 6.30. The van der Waals surface area contributed by atoms with Gasteiger partial charge in [-0.1, -0.05) is 24.3 Å². The molecule has 2 aliphatic rings. The molecular formula is C18H29BN4O2. The topological polar surface area (TPSA) is 86.1 Å². The van der Waals surface area contributed by atoms with Gasteiger partial charge >= 0.3 is 7.12 Å². The zero-order valence-electron chi connectivity index (χ0n) is 15.8. The zero-order chi connectivity index (χ0) is 18.4. The summed E-state index contributed by atoms with van der Waals surface area (Å²) in [5.41, 5.74) is 1.75. The molecule has 1 saturated carbocycles. The van der Waals surface area contributed by atoms with E-state index < -0.39 is 0 Å². The third-order valence-corrected chi connectivity index (χ3v) is 5.93. The summed E-state index contributed by atoms with van der Waals surface area (Å²) in [6.07, 6.45) is 2.04. The van der Waals surface area contributed by atoms with Gasteiger partial charge in [-0.3, -0.25) is 5.01 Å². The number of hydrogen-bond acceptors (Lipinski definition) is 5. The van der Waals surface area contributed by atoms with Crippen LogP contribution in [0.5, 0.6) is 0 Å². The molecule has 4 N–H and O–H groups in total. The summed E-state index contributed by atoms with van der Waals surface area (Å²) in [7, 11) is 1.47. The molecule has 1 heterocycles. The number of nitrogens with two attached hydrogens (primary N) is 2. The molecule has 1 aromatic rings. The standard InChI is InChI=1S/C18H29BN4O2/c1-17(2)18(3,4)25-19(24-17)15-8-6-12(7-9-15)13-10-14(11-13)16(22-20)23(5)21/h6-9,13-14H,10-11,20-21H2,1-5H3/b22-16-. The lowest BCUT2D eigenvalue weighted by Gasteiger charge is -2.37. The first kappa shape index (κ1) is 18.2. The number of hydrogen-bond donors (Lipinski definition) is 2. The van der Waals surface area contributed by atoms with E-state index in [1.54, 1.807) is 7.05 Å². The largest absolute Gasteiger partial charge is 0.494 e. The fourth-order valence-electron chi connectivity index (χ4n) is 3.49. The lowest BCUT2D eigenvalue weighted by molar-refractivity contribution is 0.00578. The van der Waals surface area contributed by atoms with Gasteiger partial charge in [-0.15, -0.1) is 0 Å². The Morgan fingerprint density at radius 1 is 1.12 bits per heavy atom. The van der Waals surface area contributed by atoms with Crippen LogP contribution in [0.1, 0.15) is 52.0 Å². The van der Waals surface area contributed by atoms with Gasteiger partial charge in [0.1, 0.15) is 5.84 Å². The van der Waals surface area contributed by atoms with Crippen LogP contribution in [0.25, 0.3) is 0 Å². The molecule has 1 aromatic carbocycles. The Morgan fingerprint density at radius 3 is 2.08 bits per heavy atom. The Morgan fingerprint density at radius 2 is 1.64 bits per heavy atom. The number of hydrazine groups is 1. The van der Waals surface area contributed by atoms with Crippen LogP contribution in [-0.4, -0.2) is 36.2 Å². The van der Waals surface area contributed by atoms with Crippen molar-refractivity contribution in [1.29, 1.82) is 0 Å². The molecule has 0 atom stereocenters. The summed E-state index contributed by atoms with van der Waals surface area (Å²) in [6.45, 7) is 8.28. The van der Waals surface area contributed by atoms with Gasteiger partial charge in [0, 0.05) is 13.0 Å². The van der Waals surface area contributed by atoms with E-state index in [4.69, 9.17) is 21.0 Å². The van der Waals surface area contributed by atoms with Crippen molar-refractivity contribution in [3.8, 4) is 0 Å². The summed E-state index contributed by atoms with van der Waals surface area (Å²) in [5, 5.41) is 5.33. The molecule has 0 spiro atoms. The Balaban J connectivity index is 1.63. The highest BCUT2D eigenvalue weighted by Crippen LogP contribution is 2.42. The average molecular weight is 344 g/mol. The van der Waals surface area contributed by atoms with E-state index >= 15 is 0 Å². The van der Waals surface area contributed by atoms with E-state index in [9.17, 15) is 0 Å². The number of rotatable bonds is 3. The monoisotopic (exact) mass is 344 g/mol. The van der Waals surface area contributed by atoms with Gasteiger partial charge in [-0.2, -0.15) is 5.10 Å². The van der Waals surface area contributed by atoms with Gasteiger partial charge in [0.2, 0.25) is 0 Å². The molecule has 3 rings (SSSR count). The van der Waals surface area contributed by atoms with Gasteiger partial charge in [-0.05, 0) is 57.5 Å². The first-order chi connectivity index (χ1) is 11.6. The fraction of sp³-hybridized carbons (Fsp3) is 0.611. The molecule has 0 bridgehead atoms. The van der Waals surface area contributed by atoms with Crippen LogP contribution in [0.15, 0.2) is 29.4 Å². The molecule has 0 unspecified atom stereocenters. The molecule has 0 aromatic heterocycles. The molecule has 1 aliphatic heterocycles. The number of hydrazone groups is 1. The average Bonchev–Trinajstić information content (AvgIpc) is 2.70. The summed E-state index contributed by atoms with van der Waals surface area (Å²) < 4.78 is 12.2. The van der Waals surface area contributed by atoms with Crippen LogP contribution in [0.2, 0.25) is 0 Å². The molecule has 7 heteroatoms. The molecule has 1 saturated heterocycles. The Labute approximate surface area is 150 Å². The summed E-state index contributed by atoms with van der Waals surface area (Å²) in [5.74, 6) is 12.8. The van der Waals surface area contributed by atoms with Crippen LogP contribution in [0.4, 0.5) is 0 Å². The van der Waals surface area contributed by atoms with E-state index in [0.29, 0.717) is 11.8 Å². The third kappa shape index (κ3) is 3.28. The summed E-state index contributed by atoms with van der Waals surface area (Å²) in [4.78, 5) is 0. The molecule has 0 radical (unpaired) electrons. The number of nitrogens with zero attached hydrogens (tertiary/aromatic N) is 2. The third-order valence-electron chi connectivity index (χ3n) is 5.93. The molecule has 25 heavy (non-hydrogen) atoms. The van der Waals surface area contributed by atoms with E-state index in [2.05, 4.69) is 57.1 Å². The second-order valence-electron chi connectivity index (χ2n) is 8.22. The number of benzene rings is 1. The Bertz CT molecular complexity index is 636. The van der Waals surface area contributed by atoms with Gasteiger partial charge < -0.3 is 15.2 Å². The van der Waals surface area contributed by atoms with Crippen molar-refractivity contribution in [3.05, 3.63) is 29.8 Å². The van der Waals surface area contributed by atoms with Crippen molar-refractivity contribution in [1.82, 2.24) is 5.01 Å². The highest BCUT2D eigenvalue weighted by Gasteiger charge is 2.51. The minimum absolute atomic E-state index is 0.310. The first-order valence-electron chi connectivity index (χ1n) is 8.86. The van der Waals surface area contributed by atoms with Gasteiger partial charge in [-0.25, -0.2) is 5.84 Å². The fourth-order valence-corrected chi connectivity index (χ4v) is 3.49. The highest BCUT2D eigenvalue weighted by molar-refractivity contribution is 6.62. The van der Waals surface area contributed by atoms with Crippen LogP contribution in [-0.2, 0) is 9.31 Å². The second-order valence-corrected chi connectivity index (χ2v) is 8.22. The molecular weight excluding hydrogens is 315 g/mol. The van der Waals surface area contributed by atoms with Crippen molar-refractivity contribution < 1.29 is 9.31 Å². The SMILES string of the molecule is CN(N)/C(=N\N)C1CC(c2ccc(B3OC(C)(C)C(C)(C)O3)cc2)C1. The lowest BCUT2D eigenvalue weighted by Crippen LogP contribution is -2.43. The Kier molecular flexibility index (Phi) is 4.60. The quantitative estimate of drug-likeness (QED) is 0.286. The lowest BCUT2D eigenvalue weighted by atomic mass is 9.69. The molecule has 0 amide bonds. The van der Waals surface area contributed by atoms with Crippen molar-refractivity contribution in [2.24, 2.45) is 22.7 Å². The van der Waals surface area contributed by atoms with Gasteiger partial charge in [0.15, 0.2) is 0 Å². The maximum Gasteiger partial charge on any atom is 0.494 e. The van der Waals surface area contributed by atoms with Crippen molar-refractivity contribution in [2.75, 3.05) is 7.05 Å².